The number of carbonyl (C=O) groups is 1. The molecule has 6 aliphatic carbocycles. The first-order chi connectivity index (χ1) is 12.4. The van der Waals surface area contributed by atoms with E-state index in [9.17, 15) is 4.79 Å². The van der Waals surface area contributed by atoms with E-state index in [0.717, 1.165) is 41.6 Å². The van der Waals surface area contributed by atoms with Gasteiger partial charge < -0.3 is 4.74 Å². The van der Waals surface area contributed by atoms with Crippen LogP contribution in [-0.2, 0) is 9.53 Å². The summed E-state index contributed by atoms with van der Waals surface area (Å²) in [5.41, 5.74) is 0.998. The summed E-state index contributed by atoms with van der Waals surface area (Å²) in [6, 6.07) is 0. The van der Waals surface area contributed by atoms with Crippen molar-refractivity contribution in [1.29, 1.82) is 0 Å². The van der Waals surface area contributed by atoms with Crippen LogP contribution >= 0.6 is 0 Å². The molecule has 0 radical (unpaired) electrons. The molecule has 0 saturated heterocycles. The lowest BCUT2D eigenvalue weighted by Crippen LogP contribution is -2.51. The van der Waals surface area contributed by atoms with Gasteiger partial charge in [-0.3, -0.25) is 0 Å². The maximum Gasteiger partial charge on any atom is 0.333 e. The van der Waals surface area contributed by atoms with Crippen molar-refractivity contribution in [2.75, 3.05) is 0 Å². The van der Waals surface area contributed by atoms with Crippen LogP contribution in [0.1, 0.15) is 85.0 Å². The van der Waals surface area contributed by atoms with Crippen molar-refractivity contribution in [3.63, 3.8) is 0 Å². The fourth-order valence-corrected chi connectivity index (χ4v) is 8.64. The molecule has 6 rings (SSSR count). The van der Waals surface area contributed by atoms with Gasteiger partial charge in [0, 0.05) is 5.57 Å². The SMILES string of the molecule is CCC1C2CC3CC(C2)CC1(C=C(C)C(=O)OC1(C)CC2CCC1C2)C3. The molecule has 0 heterocycles. The Kier molecular flexibility index (Phi) is 3.90. The molecule has 6 atom stereocenters. The van der Waals surface area contributed by atoms with Crippen LogP contribution in [0.4, 0.5) is 0 Å². The Morgan fingerprint density at radius 2 is 1.77 bits per heavy atom. The van der Waals surface area contributed by atoms with Gasteiger partial charge in [-0.2, -0.15) is 0 Å². The lowest BCUT2D eigenvalue weighted by atomic mass is 9.44. The Labute approximate surface area is 159 Å². The Morgan fingerprint density at radius 1 is 1.04 bits per heavy atom. The third-order valence-corrected chi connectivity index (χ3v) is 9.27. The zero-order valence-corrected chi connectivity index (χ0v) is 16.9. The number of ether oxygens (including phenoxy) is 1. The fraction of sp³-hybridized carbons (Fsp3) is 0.875. The summed E-state index contributed by atoms with van der Waals surface area (Å²) in [7, 11) is 0. The molecule has 144 valence electrons. The molecule has 2 nitrogen and oxygen atoms in total. The van der Waals surface area contributed by atoms with Gasteiger partial charge in [0.05, 0.1) is 0 Å². The number of carbonyl (C=O) groups excluding carboxylic acids is 1. The van der Waals surface area contributed by atoms with Crippen molar-refractivity contribution in [3.8, 4) is 0 Å². The second kappa shape index (κ2) is 5.85. The average Bonchev–Trinajstić information content (AvgIpc) is 3.13. The number of esters is 1. The van der Waals surface area contributed by atoms with Gasteiger partial charge in [0.25, 0.3) is 0 Å². The van der Waals surface area contributed by atoms with Crippen molar-refractivity contribution in [2.45, 2.75) is 90.6 Å². The molecule has 26 heavy (non-hydrogen) atoms. The molecular weight excluding hydrogens is 320 g/mol. The molecule has 0 amide bonds. The van der Waals surface area contributed by atoms with Gasteiger partial charge in [-0.25, -0.2) is 4.79 Å². The quantitative estimate of drug-likeness (QED) is 0.462. The highest BCUT2D eigenvalue weighted by Gasteiger charge is 2.55. The van der Waals surface area contributed by atoms with Gasteiger partial charge in [0.15, 0.2) is 0 Å². The van der Waals surface area contributed by atoms with E-state index in [0.29, 0.717) is 11.3 Å². The minimum Gasteiger partial charge on any atom is -0.456 e. The standard InChI is InChI=1S/C24H36O2/c1-4-21-19-8-17-7-18(9-19)14-24(21,13-17)11-15(2)22(25)26-23(3)12-16-5-6-20(23)10-16/h11,16-21H,4-10,12-14H2,1-3H3. The molecular formula is C24H36O2. The van der Waals surface area contributed by atoms with Crippen molar-refractivity contribution >= 4 is 5.97 Å². The largest absolute Gasteiger partial charge is 0.456 e. The third-order valence-electron chi connectivity index (χ3n) is 9.27. The molecule has 0 aromatic heterocycles. The van der Waals surface area contributed by atoms with E-state index in [-0.39, 0.29) is 11.6 Å². The molecule has 0 spiro atoms. The van der Waals surface area contributed by atoms with E-state index in [1.807, 2.05) is 6.92 Å². The van der Waals surface area contributed by atoms with Crippen molar-refractivity contribution in [3.05, 3.63) is 11.6 Å². The van der Waals surface area contributed by atoms with Crippen LogP contribution in [0.5, 0.6) is 0 Å². The molecule has 0 aromatic carbocycles. The van der Waals surface area contributed by atoms with E-state index in [2.05, 4.69) is 19.9 Å². The summed E-state index contributed by atoms with van der Waals surface area (Å²) in [6.07, 6.45) is 15.6. The maximum atomic E-state index is 13.0. The molecule has 0 N–H and O–H groups in total. The summed E-state index contributed by atoms with van der Waals surface area (Å²) in [4.78, 5) is 13.0. The number of fused-ring (bicyclic) bond motifs is 2. The molecule has 6 bridgehead atoms. The van der Waals surface area contributed by atoms with Gasteiger partial charge in [0.1, 0.15) is 5.60 Å². The highest BCUT2D eigenvalue weighted by molar-refractivity contribution is 5.88. The Balaban J connectivity index is 1.36. The second-order valence-electron chi connectivity index (χ2n) is 11.0. The van der Waals surface area contributed by atoms with Crippen molar-refractivity contribution in [1.82, 2.24) is 0 Å². The second-order valence-corrected chi connectivity index (χ2v) is 11.0. The lowest BCUT2D eigenvalue weighted by Gasteiger charge is -2.60. The molecule has 6 fully saturated rings. The number of hydrogen-bond donors (Lipinski definition) is 0. The molecule has 6 saturated carbocycles. The highest BCUT2D eigenvalue weighted by atomic mass is 16.6. The van der Waals surface area contributed by atoms with Crippen LogP contribution in [0.25, 0.3) is 0 Å². The van der Waals surface area contributed by atoms with E-state index < -0.39 is 0 Å². The molecule has 6 aliphatic rings. The maximum absolute atomic E-state index is 13.0. The van der Waals surface area contributed by atoms with Crippen LogP contribution < -0.4 is 0 Å². The van der Waals surface area contributed by atoms with Crippen LogP contribution in [0.15, 0.2) is 11.6 Å². The predicted molar refractivity (Wildman–Crippen MR) is 103 cm³/mol. The monoisotopic (exact) mass is 356 g/mol. The van der Waals surface area contributed by atoms with E-state index in [1.165, 1.54) is 57.8 Å². The van der Waals surface area contributed by atoms with Gasteiger partial charge >= 0.3 is 5.97 Å². The Morgan fingerprint density at radius 3 is 2.35 bits per heavy atom. The van der Waals surface area contributed by atoms with Gasteiger partial charge in [0.2, 0.25) is 0 Å². The topological polar surface area (TPSA) is 26.3 Å². The van der Waals surface area contributed by atoms with Gasteiger partial charge in [-0.1, -0.05) is 19.4 Å². The minimum atomic E-state index is -0.194. The summed E-state index contributed by atoms with van der Waals surface area (Å²) in [6.45, 7) is 6.60. The van der Waals surface area contributed by atoms with Crippen molar-refractivity contribution < 1.29 is 9.53 Å². The Bertz CT molecular complexity index is 620. The van der Waals surface area contributed by atoms with Crippen LogP contribution in [0.2, 0.25) is 0 Å². The average molecular weight is 357 g/mol. The summed E-state index contributed by atoms with van der Waals surface area (Å²) >= 11 is 0. The highest BCUT2D eigenvalue weighted by Crippen LogP contribution is 2.64. The van der Waals surface area contributed by atoms with Crippen molar-refractivity contribution in [2.24, 2.45) is 40.9 Å². The predicted octanol–water partition coefficient (Wildman–Crippen LogP) is 5.91. The number of rotatable bonds is 4. The normalized spacial score (nSPS) is 51.9. The van der Waals surface area contributed by atoms with Crippen LogP contribution in [0, 0.1) is 40.9 Å². The first-order valence-electron chi connectivity index (χ1n) is 11.3. The van der Waals surface area contributed by atoms with E-state index >= 15 is 0 Å². The Hall–Kier alpha value is -0.790. The first-order valence-corrected chi connectivity index (χ1v) is 11.3. The third kappa shape index (κ3) is 2.53. The first kappa shape index (κ1) is 17.3. The van der Waals surface area contributed by atoms with Gasteiger partial charge in [-0.15, -0.1) is 0 Å². The summed E-state index contributed by atoms with van der Waals surface area (Å²) in [5, 5.41) is 0. The summed E-state index contributed by atoms with van der Waals surface area (Å²) in [5.74, 6) is 4.91. The minimum absolute atomic E-state index is 0.0225. The van der Waals surface area contributed by atoms with E-state index in [1.54, 1.807) is 0 Å². The summed E-state index contributed by atoms with van der Waals surface area (Å²) < 4.78 is 6.17. The molecule has 0 aliphatic heterocycles. The van der Waals surface area contributed by atoms with E-state index in [4.69, 9.17) is 4.74 Å². The van der Waals surface area contributed by atoms with Gasteiger partial charge in [-0.05, 0) is 113 Å². The van der Waals surface area contributed by atoms with Crippen LogP contribution in [-0.4, -0.2) is 11.6 Å². The van der Waals surface area contributed by atoms with Crippen LogP contribution in [0.3, 0.4) is 0 Å². The lowest BCUT2D eigenvalue weighted by molar-refractivity contribution is -0.158. The number of hydrogen-bond acceptors (Lipinski definition) is 2. The zero-order chi connectivity index (χ0) is 18.1. The molecule has 6 unspecified atom stereocenters. The molecule has 0 aromatic rings. The number of allylic oxidation sites excluding steroid dienone is 1. The fourth-order valence-electron chi connectivity index (χ4n) is 8.64. The smallest absolute Gasteiger partial charge is 0.333 e. The zero-order valence-electron chi connectivity index (χ0n) is 16.9. The molecule has 2 heteroatoms.